The first-order chi connectivity index (χ1) is 6.13. The molecule has 0 aromatic heterocycles. The predicted octanol–water partition coefficient (Wildman–Crippen LogP) is -0.422. The minimum Gasteiger partial charge on any atom is -0.389 e. The molecular weight excluding hydrogens is 168 g/mol. The fourth-order valence-corrected chi connectivity index (χ4v) is 1.47. The highest BCUT2D eigenvalue weighted by Gasteiger charge is 2.28. The van der Waals surface area contributed by atoms with Crippen LogP contribution in [0, 0.1) is 0 Å². The molecule has 0 spiro atoms. The van der Waals surface area contributed by atoms with E-state index in [1.165, 1.54) is 0 Å². The number of hydrogen-bond donors (Lipinski definition) is 2. The zero-order valence-corrected chi connectivity index (χ0v) is 8.29. The molecule has 1 saturated heterocycles. The molecule has 1 aliphatic rings. The Balaban J connectivity index is 2.17. The summed E-state index contributed by atoms with van der Waals surface area (Å²) in [5.41, 5.74) is 0. The van der Waals surface area contributed by atoms with E-state index in [2.05, 4.69) is 5.32 Å². The van der Waals surface area contributed by atoms with Crippen molar-refractivity contribution in [1.29, 1.82) is 0 Å². The van der Waals surface area contributed by atoms with Gasteiger partial charge >= 0.3 is 0 Å². The van der Waals surface area contributed by atoms with Crippen molar-refractivity contribution in [3.05, 3.63) is 0 Å². The number of aliphatic hydroxyl groups is 1. The zero-order valence-electron chi connectivity index (χ0n) is 8.29. The van der Waals surface area contributed by atoms with E-state index in [0.29, 0.717) is 19.5 Å². The summed E-state index contributed by atoms with van der Waals surface area (Å²) < 4.78 is 0. The summed E-state index contributed by atoms with van der Waals surface area (Å²) in [6.45, 7) is 5.93. The Morgan fingerprint density at radius 1 is 1.69 bits per heavy atom. The summed E-state index contributed by atoms with van der Waals surface area (Å²) in [6, 6.07) is 0.232. The first kappa shape index (κ1) is 10.5. The molecule has 4 nitrogen and oxygen atoms in total. The minimum atomic E-state index is -0.293. The van der Waals surface area contributed by atoms with Gasteiger partial charge in [0.1, 0.15) is 0 Å². The number of aliphatic hydroxyl groups excluding tert-OH is 1. The van der Waals surface area contributed by atoms with Crippen LogP contribution in [-0.4, -0.2) is 47.7 Å². The van der Waals surface area contributed by atoms with Crippen molar-refractivity contribution in [3.63, 3.8) is 0 Å². The van der Waals surface area contributed by atoms with E-state index < -0.39 is 0 Å². The molecule has 1 heterocycles. The number of nitrogens with one attached hydrogen (secondary N) is 1. The molecule has 0 aromatic carbocycles. The Labute approximate surface area is 78.9 Å². The largest absolute Gasteiger partial charge is 0.389 e. The van der Waals surface area contributed by atoms with Crippen LogP contribution in [0.15, 0.2) is 0 Å². The van der Waals surface area contributed by atoms with Gasteiger partial charge in [-0.05, 0) is 13.5 Å². The van der Waals surface area contributed by atoms with Crippen LogP contribution in [0.3, 0.4) is 0 Å². The number of nitrogens with zero attached hydrogens (tertiary/aromatic N) is 1. The molecule has 0 radical (unpaired) electrons. The number of carbonyl (C=O) groups is 1. The normalized spacial score (nSPS) is 19.8. The molecule has 2 N–H and O–H groups in total. The molecule has 1 rings (SSSR count). The molecule has 1 fully saturated rings. The summed E-state index contributed by atoms with van der Waals surface area (Å²) >= 11 is 0. The topological polar surface area (TPSA) is 52.6 Å². The summed E-state index contributed by atoms with van der Waals surface area (Å²) in [5, 5.41) is 12.2. The molecule has 1 aliphatic heterocycles. The summed E-state index contributed by atoms with van der Waals surface area (Å²) in [5.74, 6) is 0.138. The van der Waals surface area contributed by atoms with Crippen LogP contribution in [0.25, 0.3) is 0 Å². The van der Waals surface area contributed by atoms with E-state index in [1.54, 1.807) is 4.90 Å². The fourth-order valence-electron chi connectivity index (χ4n) is 1.47. The second-order valence-electron chi connectivity index (χ2n) is 3.62. The summed E-state index contributed by atoms with van der Waals surface area (Å²) in [6.07, 6.45) is 0.235. The molecular formula is C9H18N2O2. The monoisotopic (exact) mass is 186 g/mol. The van der Waals surface area contributed by atoms with Gasteiger partial charge in [0, 0.05) is 25.6 Å². The third-order valence-corrected chi connectivity index (χ3v) is 2.25. The first-order valence-electron chi connectivity index (χ1n) is 4.82. The van der Waals surface area contributed by atoms with Crippen molar-refractivity contribution in [2.24, 2.45) is 0 Å². The van der Waals surface area contributed by atoms with Crippen LogP contribution in [0.2, 0.25) is 0 Å². The first-order valence-corrected chi connectivity index (χ1v) is 4.82. The SMILES string of the molecule is CCNC(C)CC(=O)N1CC(O)C1. The van der Waals surface area contributed by atoms with Crippen LogP contribution >= 0.6 is 0 Å². The Morgan fingerprint density at radius 2 is 2.31 bits per heavy atom. The Bertz CT molecular complexity index is 178. The number of rotatable bonds is 4. The third-order valence-electron chi connectivity index (χ3n) is 2.25. The van der Waals surface area contributed by atoms with E-state index in [4.69, 9.17) is 5.11 Å². The fraction of sp³-hybridized carbons (Fsp3) is 0.889. The number of hydrogen-bond acceptors (Lipinski definition) is 3. The van der Waals surface area contributed by atoms with Gasteiger partial charge < -0.3 is 15.3 Å². The molecule has 0 bridgehead atoms. The van der Waals surface area contributed by atoms with Crippen molar-refractivity contribution in [2.75, 3.05) is 19.6 Å². The van der Waals surface area contributed by atoms with Gasteiger partial charge in [0.05, 0.1) is 6.10 Å². The average molecular weight is 186 g/mol. The Morgan fingerprint density at radius 3 is 2.77 bits per heavy atom. The van der Waals surface area contributed by atoms with Gasteiger partial charge in [-0.2, -0.15) is 0 Å². The van der Waals surface area contributed by atoms with Crippen LogP contribution in [0.5, 0.6) is 0 Å². The van der Waals surface area contributed by atoms with Gasteiger partial charge in [-0.3, -0.25) is 4.79 Å². The van der Waals surface area contributed by atoms with Crippen LogP contribution < -0.4 is 5.32 Å². The molecule has 1 unspecified atom stereocenters. The molecule has 4 heteroatoms. The highest BCUT2D eigenvalue weighted by atomic mass is 16.3. The quantitative estimate of drug-likeness (QED) is 0.627. The van der Waals surface area contributed by atoms with Gasteiger partial charge in [-0.15, -0.1) is 0 Å². The summed E-state index contributed by atoms with van der Waals surface area (Å²) in [4.78, 5) is 13.1. The maximum Gasteiger partial charge on any atom is 0.224 e. The van der Waals surface area contributed by atoms with Crippen molar-refractivity contribution in [2.45, 2.75) is 32.4 Å². The molecule has 0 aromatic rings. The molecule has 0 aliphatic carbocycles. The van der Waals surface area contributed by atoms with Crippen molar-refractivity contribution >= 4 is 5.91 Å². The van der Waals surface area contributed by atoms with Gasteiger partial charge in [0.15, 0.2) is 0 Å². The molecule has 0 saturated carbocycles. The van der Waals surface area contributed by atoms with Crippen molar-refractivity contribution in [1.82, 2.24) is 10.2 Å². The van der Waals surface area contributed by atoms with E-state index in [-0.39, 0.29) is 18.1 Å². The van der Waals surface area contributed by atoms with Crippen LogP contribution in [0.4, 0.5) is 0 Å². The van der Waals surface area contributed by atoms with Crippen LogP contribution in [0.1, 0.15) is 20.3 Å². The maximum absolute atomic E-state index is 11.4. The maximum atomic E-state index is 11.4. The average Bonchev–Trinajstić information content (AvgIpc) is 1.99. The zero-order chi connectivity index (χ0) is 9.84. The highest BCUT2D eigenvalue weighted by molar-refractivity contribution is 5.77. The Kier molecular flexibility index (Phi) is 3.69. The second-order valence-corrected chi connectivity index (χ2v) is 3.62. The van der Waals surface area contributed by atoms with Crippen molar-refractivity contribution < 1.29 is 9.90 Å². The lowest BCUT2D eigenvalue weighted by molar-refractivity contribution is -0.141. The Hall–Kier alpha value is -0.610. The van der Waals surface area contributed by atoms with E-state index in [9.17, 15) is 4.79 Å². The van der Waals surface area contributed by atoms with E-state index in [0.717, 1.165) is 6.54 Å². The number of amides is 1. The predicted molar refractivity (Wildman–Crippen MR) is 50.3 cm³/mol. The summed E-state index contributed by atoms with van der Waals surface area (Å²) in [7, 11) is 0. The molecule has 1 amide bonds. The number of β-amino-alcohol motifs (C(OH)–C–C–N with tert-alkyl or cyclic N) is 1. The molecule has 13 heavy (non-hydrogen) atoms. The lowest BCUT2D eigenvalue weighted by atomic mass is 10.1. The standard InChI is InChI=1S/C9H18N2O2/c1-3-10-7(2)4-9(13)11-5-8(12)6-11/h7-8,10,12H,3-6H2,1-2H3. The van der Waals surface area contributed by atoms with Crippen LogP contribution in [-0.2, 0) is 4.79 Å². The van der Waals surface area contributed by atoms with Gasteiger partial charge in [-0.1, -0.05) is 6.92 Å². The number of carbonyl (C=O) groups excluding carboxylic acids is 1. The van der Waals surface area contributed by atoms with E-state index in [1.807, 2.05) is 13.8 Å². The lowest BCUT2D eigenvalue weighted by Crippen LogP contribution is -2.54. The number of likely N-dealkylation sites (tertiary alicyclic amines) is 1. The second kappa shape index (κ2) is 4.58. The van der Waals surface area contributed by atoms with Gasteiger partial charge in [0.25, 0.3) is 0 Å². The minimum absolute atomic E-state index is 0.138. The van der Waals surface area contributed by atoms with Gasteiger partial charge in [-0.25, -0.2) is 0 Å². The van der Waals surface area contributed by atoms with Gasteiger partial charge in [0.2, 0.25) is 5.91 Å². The van der Waals surface area contributed by atoms with E-state index >= 15 is 0 Å². The third kappa shape index (κ3) is 2.97. The van der Waals surface area contributed by atoms with Crippen molar-refractivity contribution in [3.8, 4) is 0 Å². The molecule has 1 atom stereocenters. The lowest BCUT2D eigenvalue weighted by Gasteiger charge is -2.36. The highest BCUT2D eigenvalue weighted by Crippen LogP contribution is 2.09. The molecule has 76 valence electrons. The smallest absolute Gasteiger partial charge is 0.224 e.